The van der Waals surface area contributed by atoms with Gasteiger partial charge in [0.1, 0.15) is 0 Å². The molecule has 1 heterocycles. The first-order valence-electron chi connectivity index (χ1n) is 6.56. The molecule has 0 atom stereocenters. The summed E-state index contributed by atoms with van der Waals surface area (Å²) in [4.78, 5) is 11.5. The number of hydrogen-bond donors (Lipinski definition) is 1. The molecule has 1 aromatic heterocycles. The number of anilines is 1. The minimum Gasteiger partial charge on any atom is -0.436 e. The summed E-state index contributed by atoms with van der Waals surface area (Å²) in [6.45, 7) is 2.23. The molecular formula is C16H14N4O2. The molecule has 2 rings (SSSR count). The van der Waals surface area contributed by atoms with Crippen LogP contribution in [0.5, 0.6) is 0 Å². The Balaban J connectivity index is 1.94. The van der Waals surface area contributed by atoms with E-state index in [1.165, 1.54) is 6.20 Å². The summed E-state index contributed by atoms with van der Waals surface area (Å²) in [6.07, 6.45) is 2.64. The van der Waals surface area contributed by atoms with Gasteiger partial charge in [-0.05, 0) is 24.6 Å². The molecule has 0 unspecified atom stereocenters. The number of nitriles is 1. The van der Waals surface area contributed by atoms with E-state index in [0.717, 1.165) is 5.56 Å². The van der Waals surface area contributed by atoms with Crippen LogP contribution in [0.4, 0.5) is 10.5 Å². The van der Waals surface area contributed by atoms with Gasteiger partial charge in [0, 0.05) is 6.20 Å². The third-order valence-corrected chi connectivity index (χ3v) is 2.73. The topological polar surface area (TPSA) is 79.9 Å². The van der Waals surface area contributed by atoms with E-state index in [1.807, 2.05) is 12.1 Å². The molecule has 0 aliphatic carbocycles. The predicted octanol–water partition coefficient (Wildman–Crippen LogP) is 2.37. The second kappa shape index (κ2) is 7.51. The summed E-state index contributed by atoms with van der Waals surface area (Å²) in [7, 11) is 0. The summed E-state index contributed by atoms with van der Waals surface area (Å²) in [6, 6.07) is 9.37. The molecule has 110 valence electrons. The Bertz CT molecular complexity index is 762. The number of amides is 1. The van der Waals surface area contributed by atoms with Gasteiger partial charge < -0.3 is 4.74 Å². The van der Waals surface area contributed by atoms with Crippen LogP contribution in [0.2, 0.25) is 0 Å². The van der Waals surface area contributed by atoms with Crippen LogP contribution in [0.25, 0.3) is 0 Å². The number of carbonyl (C=O) groups excluding carboxylic acids is 1. The molecule has 1 aromatic carbocycles. The summed E-state index contributed by atoms with van der Waals surface area (Å²) >= 11 is 0. The van der Waals surface area contributed by atoms with Crippen LogP contribution >= 0.6 is 0 Å². The minimum atomic E-state index is -0.575. The summed E-state index contributed by atoms with van der Waals surface area (Å²) < 4.78 is 6.51. The lowest BCUT2D eigenvalue weighted by molar-refractivity contribution is 0.176. The monoisotopic (exact) mass is 294 g/mol. The highest BCUT2D eigenvalue weighted by molar-refractivity contribution is 5.84. The molecule has 0 aliphatic rings. The molecule has 22 heavy (non-hydrogen) atoms. The molecule has 1 N–H and O–H groups in total. The zero-order valence-electron chi connectivity index (χ0n) is 12.0. The second-order valence-electron chi connectivity index (χ2n) is 4.37. The lowest BCUT2D eigenvalue weighted by Gasteiger charge is -2.03. The number of nitrogens with zero attached hydrogens (tertiary/aromatic N) is 3. The van der Waals surface area contributed by atoms with Crippen LogP contribution < -0.4 is 5.32 Å². The van der Waals surface area contributed by atoms with E-state index in [9.17, 15) is 4.79 Å². The van der Waals surface area contributed by atoms with Gasteiger partial charge in [-0.15, -0.1) is 5.92 Å². The van der Waals surface area contributed by atoms with Gasteiger partial charge in [-0.1, -0.05) is 18.1 Å². The average Bonchev–Trinajstić information content (AvgIpc) is 2.94. The average molecular weight is 294 g/mol. The smallest absolute Gasteiger partial charge is 0.412 e. The molecule has 0 bridgehead atoms. The third-order valence-electron chi connectivity index (χ3n) is 2.73. The molecular weight excluding hydrogens is 280 g/mol. The van der Waals surface area contributed by atoms with Crippen LogP contribution in [0, 0.1) is 23.2 Å². The Morgan fingerprint density at radius 1 is 1.50 bits per heavy atom. The van der Waals surface area contributed by atoms with Crippen LogP contribution in [0.15, 0.2) is 36.7 Å². The fraction of sp³-hybridized carbons (Fsp3) is 0.188. The van der Waals surface area contributed by atoms with Gasteiger partial charge in [0.2, 0.25) is 0 Å². The highest BCUT2D eigenvalue weighted by Gasteiger charge is 2.05. The summed E-state index contributed by atoms with van der Waals surface area (Å²) in [5.74, 6) is 5.27. The number of hydrogen-bond acceptors (Lipinski definition) is 4. The van der Waals surface area contributed by atoms with Gasteiger partial charge in [0.25, 0.3) is 0 Å². The molecule has 6 heteroatoms. The van der Waals surface area contributed by atoms with Crippen molar-refractivity contribution in [1.29, 1.82) is 5.26 Å². The van der Waals surface area contributed by atoms with E-state index in [4.69, 9.17) is 10.00 Å². The van der Waals surface area contributed by atoms with Crippen molar-refractivity contribution in [2.45, 2.75) is 13.5 Å². The first-order chi connectivity index (χ1) is 10.7. The van der Waals surface area contributed by atoms with E-state index < -0.39 is 6.09 Å². The van der Waals surface area contributed by atoms with E-state index in [2.05, 4.69) is 28.3 Å². The van der Waals surface area contributed by atoms with Crippen LogP contribution in [-0.2, 0) is 11.3 Å². The number of aromatic nitrogens is 2. The lowest BCUT2D eigenvalue weighted by atomic mass is 10.1. The predicted molar refractivity (Wildman–Crippen MR) is 80.9 cm³/mol. The molecule has 1 amide bonds. The van der Waals surface area contributed by atoms with E-state index in [0.29, 0.717) is 17.8 Å². The highest BCUT2D eigenvalue weighted by atomic mass is 16.5. The van der Waals surface area contributed by atoms with Crippen molar-refractivity contribution in [3.8, 4) is 17.9 Å². The Labute approximate surface area is 128 Å². The molecule has 0 radical (unpaired) electrons. The Morgan fingerprint density at radius 3 is 3.14 bits per heavy atom. The number of benzene rings is 1. The fourth-order valence-corrected chi connectivity index (χ4v) is 1.77. The van der Waals surface area contributed by atoms with E-state index in [1.54, 1.807) is 29.9 Å². The molecule has 2 aromatic rings. The van der Waals surface area contributed by atoms with Crippen molar-refractivity contribution in [3.63, 3.8) is 0 Å². The standard InChI is InChI=1S/C16H14N4O2/c1-2-3-7-22-16(21)19-15-10-18-20(12-15)11-14-6-4-5-13(8-14)9-17/h4-6,8,10,12H,7,11H2,1H3,(H,19,21). The van der Waals surface area contributed by atoms with E-state index in [-0.39, 0.29) is 6.61 Å². The number of rotatable bonds is 4. The zero-order valence-corrected chi connectivity index (χ0v) is 12.0. The molecule has 0 saturated heterocycles. The minimum absolute atomic E-state index is 0.0530. The summed E-state index contributed by atoms with van der Waals surface area (Å²) in [5.41, 5.74) is 2.09. The summed E-state index contributed by atoms with van der Waals surface area (Å²) in [5, 5.41) is 15.6. The zero-order chi connectivity index (χ0) is 15.8. The quantitative estimate of drug-likeness (QED) is 0.878. The third kappa shape index (κ3) is 4.39. The van der Waals surface area contributed by atoms with Gasteiger partial charge in [-0.25, -0.2) is 4.79 Å². The number of nitrogens with one attached hydrogen (secondary N) is 1. The van der Waals surface area contributed by atoms with Crippen molar-refractivity contribution >= 4 is 11.8 Å². The van der Waals surface area contributed by atoms with Crippen molar-refractivity contribution in [1.82, 2.24) is 9.78 Å². The largest absolute Gasteiger partial charge is 0.436 e. The van der Waals surface area contributed by atoms with Gasteiger partial charge in [-0.2, -0.15) is 10.4 Å². The van der Waals surface area contributed by atoms with Crippen molar-refractivity contribution in [2.75, 3.05) is 11.9 Å². The van der Waals surface area contributed by atoms with Crippen LogP contribution in [-0.4, -0.2) is 22.5 Å². The Hall–Kier alpha value is -3.25. The highest BCUT2D eigenvalue weighted by Crippen LogP contribution is 2.10. The van der Waals surface area contributed by atoms with Gasteiger partial charge in [0.15, 0.2) is 6.61 Å². The Kier molecular flexibility index (Phi) is 5.17. The van der Waals surface area contributed by atoms with Crippen molar-refractivity contribution in [3.05, 3.63) is 47.8 Å². The van der Waals surface area contributed by atoms with Crippen molar-refractivity contribution < 1.29 is 9.53 Å². The first kappa shape index (κ1) is 15.1. The van der Waals surface area contributed by atoms with Gasteiger partial charge >= 0.3 is 6.09 Å². The number of ether oxygens (including phenoxy) is 1. The Morgan fingerprint density at radius 2 is 2.36 bits per heavy atom. The normalized spacial score (nSPS) is 9.27. The molecule has 0 saturated carbocycles. The van der Waals surface area contributed by atoms with Crippen molar-refractivity contribution in [2.24, 2.45) is 0 Å². The SMILES string of the molecule is CC#CCOC(=O)Nc1cnn(Cc2cccc(C#N)c2)c1. The van der Waals surface area contributed by atoms with E-state index >= 15 is 0 Å². The van der Waals surface area contributed by atoms with Crippen LogP contribution in [0.3, 0.4) is 0 Å². The molecule has 0 spiro atoms. The first-order valence-corrected chi connectivity index (χ1v) is 6.56. The maximum Gasteiger partial charge on any atom is 0.412 e. The second-order valence-corrected chi connectivity index (χ2v) is 4.37. The lowest BCUT2D eigenvalue weighted by Crippen LogP contribution is -2.13. The molecule has 0 aliphatic heterocycles. The number of carbonyl (C=O) groups is 1. The van der Waals surface area contributed by atoms with Gasteiger partial charge in [-0.3, -0.25) is 10.00 Å². The van der Waals surface area contributed by atoms with Gasteiger partial charge in [0.05, 0.1) is 30.1 Å². The fourth-order valence-electron chi connectivity index (χ4n) is 1.77. The maximum absolute atomic E-state index is 11.5. The molecule has 6 nitrogen and oxygen atoms in total. The van der Waals surface area contributed by atoms with Crippen LogP contribution in [0.1, 0.15) is 18.1 Å². The molecule has 0 fully saturated rings. The maximum atomic E-state index is 11.5.